The van der Waals surface area contributed by atoms with Gasteiger partial charge in [0, 0.05) is 0 Å². The molecule has 0 aliphatic carbocycles. The lowest BCUT2D eigenvalue weighted by molar-refractivity contribution is -0.117. The lowest BCUT2D eigenvalue weighted by Gasteiger charge is -2.22. The summed E-state index contributed by atoms with van der Waals surface area (Å²) in [5.74, 6) is -0.673. The van der Waals surface area contributed by atoms with Crippen LogP contribution in [0.1, 0.15) is 23.5 Å². The fraction of sp³-hybridized carbons (Fsp3) is 0.263. The van der Waals surface area contributed by atoms with Crippen LogP contribution < -0.4 is 5.32 Å². The fourth-order valence-electron chi connectivity index (χ4n) is 2.53. The average molecular weight is 357 g/mol. The van der Waals surface area contributed by atoms with Crippen molar-refractivity contribution in [3.05, 3.63) is 58.9 Å². The minimum Gasteiger partial charge on any atom is -0.322 e. The van der Waals surface area contributed by atoms with Crippen LogP contribution in [0.25, 0.3) is 10.2 Å². The van der Waals surface area contributed by atoms with Crippen LogP contribution in [0.15, 0.2) is 42.5 Å². The minimum absolute atomic E-state index is 0.00832. The molecule has 25 heavy (non-hydrogen) atoms. The molecule has 0 bridgehead atoms. The number of anilines is 1. The predicted molar refractivity (Wildman–Crippen MR) is 100 cm³/mol. The van der Waals surface area contributed by atoms with Gasteiger partial charge in [-0.2, -0.15) is 0 Å². The van der Waals surface area contributed by atoms with E-state index in [0.29, 0.717) is 0 Å². The molecule has 0 radical (unpaired) electrons. The summed E-state index contributed by atoms with van der Waals surface area (Å²) in [7, 11) is 1.86. The first-order valence-corrected chi connectivity index (χ1v) is 8.87. The van der Waals surface area contributed by atoms with Gasteiger partial charge in [0.1, 0.15) is 10.8 Å². The smallest absolute Gasteiger partial charge is 0.238 e. The number of nitrogens with zero attached hydrogens (tertiary/aromatic N) is 2. The Balaban J connectivity index is 1.66. The number of hydrogen-bond donors (Lipinski definition) is 1. The van der Waals surface area contributed by atoms with Gasteiger partial charge in [-0.05, 0) is 50.7 Å². The van der Waals surface area contributed by atoms with E-state index >= 15 is 0 Å². The number of halogens is 1. The molecule has 1 amide bonds. The van der Waals surface area contributed by atoms with E-state index in [1.165, 1.54) is 6.07 Å². The fourth-order valence-corrected chi connectivity index (χ4v) is 3.62. The van der Waals surface area contributed by atoms with Crippen LogP contribution in [-0.2, 0) is 4.79 Å². The number of hydrogen-bond acceptors (Lipinski definition) is 4. The number of nitrogens with one attached hydrogen (secondary N) is 1. The average Bonchev–Trinajstić information content (AvgIpc) is 3.00. The molecule has 0 unspecified atom stereocenters. The molecule has 1 atom stereocenters. The molecular weight excluding hydrogens is 337 g/mol. The predicted octanol–water partition coefficient (Wildman–Crippen LogP) is 4.38. The number of aryl methyl sites for hydroxylation is 1. The van der Waals surface area contributed by atoms with Gasteiger partial charge < -0.3 is 5.32 Å². The van der Waals surface area contributed by atoms with Crippen LogP contribution in [0.4, 0.5) is 10.1 Å². The third-order valence-corrected chi connectivity index (χ3v) is 5.33. The van der Waals surface area contributed by atoms with Crippen LogP contribution in [0, 0.1) is 12.7 Å². The Morgan fingerprint density at radius 2 is 2.08 bits per heavy atom. The zero-order chi connectivity index (χ0) is 18.0. The largest absolute Gasteiger partial charge is 0.322 e. The van der Waals surface area contributed by atoms with Crippen molar-refractivity contribution in [3.63, 3.8) is 0 Å². The molecule has 130 valence electrons. The van der Waals surface area contributed by atoms with Crippen molar-refractivity contribution in [2.24, 2.45) is 0 Å². The van der Waals surface area contributed by atoms with Gasteiger partial charge in [0.25, 0.3) is 0 Å². The number of carbonyl (C=O) groups is 1. The summed E-state index contributed by atoms with van der Waals surface area (Å²) in [5.41, 5.74) is 1.99. The molecule has 0 aliphatic rings. The van der Waals surface area contributed by atoms with Crippen molar-refractivity contribution in [2.45, 2.75) is 19.9 Å². The molecular formula is C19H20FN3OS. The summed E-state index contributed by atoms with van der Waals surface area (Å²) in [6.07, 6.45) is 0. The number of para-hydroxylation sites is 1. The zero-order valence-electron chi connectivity index (χ0n) is 14.4. The van der Waals surface area contributed by atoms with Crippen LogP contribution in [-0.4, -0.2) is 29.4 Å². The summed E-state index contributed by atoms with van der Waals surface area (Å²) in [6.45, 7) is 3.98. The van der Waals surface area contributed by atoms with Crippen molar-refractivity contribution >= 4 is 33.1 Å². The van der Waals surface area contributed by atoms with E-state index < -0.39 is 5.82 Å². The molecule has 4 nitrogen and oxygen atoms in total. The quantitative estimate of drug-likeness (QED) is 0.737. The maximum atomic E-state index is 13.9. The molecule has 6 heteroatoms. The highest BCUT2D eigenvalue weighted by atomic mass is 32.1. The van der Waals surface area contributed by atoms with E-state index in [1.54, 1.807) is 23.5 Å². The summed E-state index contributed by atoms with van der Waals surface area (Å²) >= 11 is 1.62. The number of likely N-dealkylation sites (N-methyl/N-ethyl adjacent to an activating group) is 1. The van der Waals surface area contributed by atoms with E-state index in [2.05, 4.69) is 10.3 Å². The second-order valence-electron chi connectivity index (χ2n) is 6.14. The van der Waals surface area contributed by atoms with Crippen LogP contribution in [0.2, 0.25) is 0 Å². The zero-order valence-corrected chi connectivity index (χ0v) is 15.2. The molecule has 3 rings (SSSR count). The molecule has 1 N–H and O–H groups in total. The van der Waals surface area contributed by atoms with E-state index in [-0.39, 0.29) is 24.2 Å². The first kappa shape index (κ1) is 17.5. The topological polar surface area (TPSA) is 45.2 Å². The summed E-state index contributed by atoms with van der Waals surface area (Å²) in [4.78, 5) is 18.8. The third kappa shape index (κ3) is 4.03. The van der Waals surface area contributed by atoms with Crippen LogP contribution in [0.5, 0.6) is 0 Å². The SMILES string of the molecule is Cc1ccc(NC(=O)CN(C)[C@H](C)c2nc3ccccc3s2)c(F)c1. The lowest BCUT2D eigenvalue weighted by Crippen LogP contribution is -2.32. The van der Waals surface area contributed by atoms with E-state index in [0.717, 1.165) is 20.8 Å². The number of fused-ring (bicyclic) bond motifs is 1. The molecule has 1 heterocycles. The number of thiazole rings is 1. The normalized spacial score (nSPS) is 12.5. The second kappa shape index (κ2) is 7.29. The molecule has 3 aromatic rings. The Hall–Kier alpha value is -2.31. The van der Waals surface area contributed by atoms with Gasteiger partial charge in [0.05, 0.1) is 28.5 Å². The van der Waals surface area contributed by atoms with Crippen molar-refractivity contribution in [2.75, 3.05) is 18.9 Å². The highest BCUT2D eigenvalue weighted by Gasteiger charge is 2.19. The highest BCUT2D eigenvalue weighted by Crippen LogP contribution is 2.28. The van der Waals surface area contributed by atoms with Gasteiger partial charge in [-0.15, -0.1) is 11.3 Å². The van der Waals surface area contributed by atoms with Gasteiger partial charge in [0.15, 0.2) is 0 Å². The maximum absolute atomic E-state index is 13.9. The number of aromatic nitrogens is 1. The summed E-state index contributed by atoms with van der Waals surface area (Å²) in [6, 6.07) is 12.7. The molecule has 0 fully saturated rings. The van der Waals surface area contributed by atoms with Gasteiger partial charge in [-0.3, -0.25) is 9.69 Å². The van der Waals surface area contributed by atoms with Gasteiger partial charge in [0.2, 0.25) is 5.91 Å². The van der Waals surface area contributed by atoms with Gasteiger partial charge >= 0.3 is 0 Å². The number of rotatable bonds is 5. The minimum atomic E-state index is -0.421. The molecule has 0 spiro atoms. The Morgan fingerprint density at radius 1 is 1.32 bits per heavy atom. The second-order valence-corrected chi connectivity index (χ2v) is 7.20. The van der Waals surface area contributed by atoms with Crippen LogP contribution in [0.3, 0.4) is 0 Å². The monoisotopic (exact) mass is 357 g/mol. The summed E-state index contributed by atoms with van der Waals surface area (Å²) in [5, 5.41) is 3.59. The van der Waals surface area contributed by atoms with E-state index in [9.17, 15) is 9.18 Å². The maximum Gasteiger partial charge on any atom is 0.238 e. The number of amides is 1. The molecule has 0 aliphatic heterocycles. The Bertz CT molecular complexity index is 876. The van der Waals surface area contributed by atoms with Crippen LogP contribution >= 0.6 is 11.3 Å². The molecule has 2 aromatic carbocycles. The number of carbonyl (C=O) groups excluding carboxylic acids is 1. The molecule has 0 saturated heterocycles. The van der Waals surface area contributed by atoms with Gasteiger partial charge in [-0.25, -0.2) is 9.37 Å². The molecule has 1 aromatic heterocycles. The molecule has 0 saturated carbocycles. The Kier molecular flexibility index (Phi) is 5.11. The van der Waals surface area contributed by atoms with Crippen molar-refractivity contribution in [1.29, 1.82) is 0 Å². The van der Waals surface area contributed by atoms with Crippen molar-refractivity contribution in [3.8, 4) is 0 Å². The third-order valence-electron chi connectivity index (χ3n) is 4.12. The first-order valence-electron chi connectivity index (χ1n) is 8.06. The van der Waals surface area contributed by atoms with E-state index in [1.807, 2.05) is 50.1 Å². The first-order chi connectivity index (χ1) is 11.9. The number of benzene rings is 2. The van der Waals surface area contributed by atoms with Crippen molar-refractivity contribution < 1.29 is 9.18 Å². The Labute approximate surface area is 150 Å². The lowest BCUT2D eigenvalue weighted by atomic mass is 10.2. The summed E-state index contributed by atoms with van der Waals surface area (Å²) < 4.78 is 15.0. The highest BCUT2D eigenvalue weighted by molar-refractivity contribution is 7.18. The Morgan fingerprint density at radius 3 is 2.80 bits per heavy atom. The van der Waals surface area contributed by atoms with Gasteiger partial charge in [-0.1, -0.05) is 18.2 Å². The standard InChI is InChI=1S/C19H20FN3OS/c1-12-8-9-15(14(20)10-12)21-18(24)11-23(3)13(2)19-22-16-6-4-5-7-17(16)25-19/h4-10,13H,11H2,1-3H3,(H,21,24)/t13-/m1/s1. The van der Waals surface area contributed by atoms with Crippen molar-refractivity contribution in [1.82, 2.24) is 9.88 Å². The van der Waals surface area contributed by atoms with E-state index in [4.69, 9.17) is 0 Å².